The smallest absolute Gasteiger partial charge is 0.335 e. The van der Waals surface area contributed by atoms with Crippen molar-refractivity contribution in [3.63, 3.8) is 0 Å². The van der Waals surface area contributed by atoms with E-state index < -0.39 is 12.1 Å². The second-order valence-electron chi connectivity index (χ2n) is 9.03. The minimum atomic E-state index is -0.926. The summed E-state index contributed by atoms with van der Waals surface area (Å²) in [5.41, 5.74) is 2.58. The van der Waals surface area contributed by atoms with Crippen molar-refractivity contribution >= 4 is 11.9 Å². The number of carbonyl (C=O) groups excluding carboxylic acids is 1. The molecule has 0 spiro atoms. The van der Waals surface area contributed by atoms with Crippen LogP contribution in [0, 0.1) is 5.92 Å². The molecule has 3 rings (SSSR count). The van der Waals surface area contributed by atoms with Crippen LogP contribution in [-0.2, 0) is 17.6 Å². The SMILES string of the molecule is C[C@@H](CCCc1ccccc1)[C@@H](O)C=C[C@H]1CCC(=O)N1CCCc1cccc(C(=O)O)c1. The Morgan fingerprint density at radius 3 is 2.58 bits per heavy atom. The number of likely N-dealkylation sites (tertiary alicyclic amines) is 1. The third-order valence-corrected chi connectivity index (χ3v) is 6.49. The van der Waals surface area contributed by atoms with Crippen molar-refractivity contribution in [1.82, 2.24) is 4.90 Å². The molecule has 0 bridgehead atoms. The van der Waals surface area contributed by atoms with Crippen LogP contribution in [0.5, 0.6) is 0 Å². The summed E-state index contributed by atoms with van der Waals surface area (Å²) in [5.74, 6) is -0.615. The fraction of sp³-hybridized carbons (Fsp3) is 0.429. The number of carbonyl (C=O) groups is 2. The average molecular weight is 450 g/mol. The van der Waals surface area contributed by atoms with Crippen molar-refractivity contribution in [3.05, 3.63) is 83.4 Å². The number of rotatable bonds is 12. The second kappa shape index (κ2) is 12.4. The van der Waals surface area contributed by atoms with E-state index >= 15 is 0 Å². The summed E-state index contributed by atoms with van der Waals surface area (Å²) in [6.45, 7) is 2.71. The first-order valence-corrected chi connectivity index (χ1v) is 12.0. The van der Waals surface area contributed by atoms with E-state index in [1.807, 2.05) is 29.2 Å². The molecule has 0 radical (unpaired) electrons. The maximum Gasteiger partial charge on any atom is 0.335 e. The molecule has 176 valence electrons. The number of aliphatic hydroxyl groups is 1. The average Bonchev–Trinajstić information content (AvgIpc) is 3.17. The third-order valence-electron chi connectivity index (χ3n) is 6.49. The van der Waals surface area contributed by atoms with Gasteiger partial charge in [0, 0.05) is 13.0 Å². The Morgan fingerprint density at radius 2 is 1.82 bits per heavy atom. The summed E-state index contributed by atoms with van der Waals surface area (Å²) in [6.07, 6.45) is 9.15. The number of hydrogen-bond acceptors (Lipinski definition) is 3. The number of aromatic carboxylic acids is 1. The van der Waals surface area contributed by atoms with Gasteiger partial charge in [-0.25, -0.2) is 4.79 Å². The fourth-order valence-electron chi connectivity index (χ4n) is 4.44. The molecule has 2 N–H and O–H groups in total. The molecule has 1 amide bonds. The summed E-state index contributed by atoms with van der Waals surface area (Å²) < 4.78 is 0. The lowest BCUT2D eigenvalue weighted by Crippen LogP contribution is -2.33. The van der Waals surface area contributed by atoms with Crippen LogP contribution in [0.25, 0.3) is 0 Å². The Bertz CT molecular complexity index is 940. The summed E-state index contributed by atoms with van der Waals surface area (Å²) in [5, 5.41) is 19.7. The quantitative estimate of drug-likeness (QED) is 0.453. The lowest BCUT2D eigenvalue weighted by Gasteiger charge is -2.23. The lowest BCUT2D eigenvalue weighted by atomic mass is 9.95. The Hall–Kier alpha value is -2.92. The number of aryl methyl sites for hydroxylation is 2. The van der Waals surface area contributed by atoms with Gasteiger partial charge < -0.3 is 15.1 Å². The van der Waals surface area contributed by atoms with Gasteiger partial charge in [-0.2, -0.15) is 0 Å². The van der Waals surface area contributed by atoms with Crippen LogP contribution < -0.4 is 0 Å². The topological polar surface area (TPSA) is 77.8 Å². The molecule has 1 aliphatic heterocycles. The highest BCUT2D eigenvalue weighted by molar-refractivity contribution is 5.87. The summed E-state index contributed by atoms with van der Waals surface area (Å²) >= 11 is 0. The molecule has 1 fully saturated rings. The van der Waals surface area contributed by atoms with Crippen LogP contribution in [0.4, 0.5) is 0 Å². The van der Waals surface area contributed by atoms with Crippen molar-refractivity contribution in [2.75, 3.05) is 6.54 Å². The van der Waals surface area contributed by atoms with Crippen molar-refractivity contribution < 1.29 is 19.8 Å². The summed E-state index contributed by atoms with van der Waals surface area (Å²) in [4.78, 5) is 25.4. The minimum Gasteiger partial charge on any atom is -0.478 e. The largest absolute Gasteiger partial charge is 0.478 e. The highest BCUT2D eigenvalue weighted by Crippen LogP contribution is 2.22. The van der Waals surface area contributed by atoms with Crippen LogP contribution in [-0.4, -0.2) is 45.7 Å². The number of hydrogen-bond donors (Lipinski definition) is 2. The van der Waals surface area contributed by atoms with Gasteiger partial charge in [0.2, 0.25) is 5.91 Å². The predicted molar refractivity (Wildman–Crippen MR) is 130 cm³/mol. The molecule has 2 aromatic rings. The van der Waals surface area contributed by atoms with Crippen LogP contribution >= 0.6 is 0 Å². The standard InChI is InChI=1S/C28H35NO4/c1-21(8-5-11-22-9-3-2-4-10-22)26(30)17-15-25-16-18-27(31)29(25)19-7-13-23-12-6-14-24(20-23)28(32)33/h2-4,6,9-10,12,14-15,17,20-21,25-26,30H,5,7-8,11,13,16,18-19H2,1H3,(H,32,33)/t21-,25-,26-/m0/s1. The van der Waals surface area contributed by atoms with Gasteiger partial charge in [0.15, 0.2) is 0 Å². The zero-order valence-corrected chi connectivity index (χ0v) is 19.4. The number of carboxylic acids is 1. The molecular weight excluding hydrogens is 414 g/mol. The monoisotopic (exact) mass is 449 g/mol. The molecule has 0 unspecified atom stereocenters. The van der Waals surface area contributed by atoms with Crippen LogP contribution in [0.15, 0.2) is 66.7 Å². The summed E-state index contributed by atoms with van der Waals surface area (Å²) in [7, 11) is 0. The van der Waals surface area contributed by atoms with Gasteiger partial charge in [0.1, 0.15) is 0 Å². The van der Waals surface area contributed by atoms with Crippen LogP contribution in [0.2, 0.25) is 0 Å². The highest BCUT2D eigenvalue weighted by atomic mass is 16.4. The van der Waals surface area contributed by atoms with E-state index in [0.29, 0.717) is 13.0 Å². The Labute approximate surface area is 196 Å². The van der Waals surface area contributed by atoms with Crippen LogP contribution in [0.3, 0.4) is 0 Å². The molecule has 0 aromatic heterocycles. The van der Waals surface area contributed by atoms with Gasteiger partial charge in [0.25, 0.3) is 0 Å². The predicted octanol–water partition coefficient (Wildman–Crippen LogP) is 4.88. The van der Waals surface area contributed by atoms with Gasteiger partial charge in [-0.3, -0.25) is 4.79 Å². The normalized spacial score (nSPS) is 18.1. The van der Waals surface area contributed by atoms with E-state index in [0.717, 1.165) is 44.1 Å². The first-order chi connectivity index (χ1) is 15.9. The second-order valence-corrected chi connectivity index (χ2v) is 9.03. The van der Waals surface area contributed by atoms with Crippen molar-refractivity contribution in [2.24, 2.45) is 5.92 Å². The third kappa shape index (κ3) is 7.57. The summed E-state index contributed by atoms with van der Waals surface area (Å²) in [6, 6.07) is 17.4. The molecule has 0 saturated carbocycles. The molecule has 1 saturated heterocycles. The maximum absolute atomic E-state index is 12.4. The Kier molecular flexibility index (Phi) is 9.25. The molecule has 0 aliphatic carbocycles. The number of nitrogens with zero attached hydrogens (tertiary/aromatic N) is 1. The number of benzene rings is 2. The maximum atomic E-state index is 12.4. The van der Waals surface area contributed by atoms with E-state index in [1.54, 1.807) is 18.2 Å². The Balaban J connectivity index is 1.45. The minimum absolute atomic E-state index is 0.0222. The van der Waals surface area contributed by atoms with Gasteiger partial charge in [0.05, 0.1) is 17.7 Å². The number of aliphatic hydroxyl groups excluding tert-OH is 1. The van der Waals surface area contributed by atoms with Gasteiger partial charge >= 0.3 is 5.97 Å². The fourth-order valence-corrected chi connectivity index (χ4v) is 4.44. The first-order valence-electron chi connectivity index (χ1n) is 12.0. The number of amides is 1. The number of carboxylic acid groups (broad SMARTS) is 1. The zero-order valence-electron chi connectivity index (χ0n) is 19.4. The molecule has 33 heavy (non-hydrogen) atoms. The lowest BCUT2D eigenvalue weighted by molar-refractivity contribution is -0.128. The molecule has 3 atom stereocenters. The zero-order chi connectivity index (χ0) is 23.6. The van der Waals surface area contributed by atoms with Crippen LogP contribution in [0.1, 0.15) is 60.5 Å². The van der Waals surface area contributed by atoms with Crippen molar-refractivity contribution in [2.45, 2.75) is 64.0 Å². The van der Waals surface area contributed by atoms with E-state index in [4.69, 9.17) is 5.11 Å². The first kappa shape index (κ1) is 24.7. The molecule has 5 heteroatoms. The molecule has 2 aromatic carbocycles. The van der Waals surface area contributed by atoms with E-state index in [2.05, 4.69) is 31.2 Å². The molecule has 1 heterocycles. The highest BCUT2D eigenvalue weighted by Gasteiger charge is 2.28. The van der Waals surface area contributed by atoms with Gasteiger partial charge in [-0.05, 0) is 67.7 Å². The Morgan fingerprint density at radius 1 is 1.09 bits per heavy atom. The molecule has 5 nitrogen and oxygen atoms in total. The van der Waals surface area contributed by atoms with Gasteiger partial charge in [-0.1, -0.05) is 61.5 Å². The van der Waals surface area contributed by atoms with E-state index in [-0.39, 0.29) is 23.4 Å². The van der Waals surface area contributed by atoms with Crippen molar-refractivity contribution in [1.29, 1.82) is 0 Å². The van der Waals surface area contributed by atoms with E-state index in [1.165, 1.54) is 5.56 Å². The van der Waals surface area contributed by atoms with E-state index in [9.17, 15) is 14.7 Å². The molecular formula is C28H35NO4. The van der Waals surface area contributed by atoms with Crippen molar-refractivity contribution in [3.8, 4) is 0 Å². The van der Waals surface area contributed by atoms with Gasteiger partial charge in [-0.15, -0.1) is 0 Å². The molecule has 1 aliphatic rings.